The second-order valence-electron chi connectivity index (χ2n) is 5.96. The topological polar surface area (TPSA) is 24.0 Å². The Morgan fingerprint density at radius 3 is 2.75 bits per heavy atom. The number of aromatic amines is 1. The van der Waals surface area contributed by atoms with Gasteiger partial charge in [-0.1, -0.05) is 18.6 Å². The van der Waals surface area contributed by atoms with E-state index >= 15 is 0 Å². The minimum atomic E-state index is 0.542. The Morgan fingerprint density at radius 2 is 2.00 bits per heavy atom. The maximum atomic E-state index is 5.52. The van der Waals surface area contributed by atoms with Gasteiger partial charge in [0.15, 0.2) is 4.77 Å². The van der Waals surface area contributed by atoms with Crippen molar-refractivity contribution < 1.29 is 0 Å². The van der Waals surface area contributed by atoms with E-state index in [9.17, 15) is 0 Å². The molecule has 20 heavy (non-hydrogen) atoms. The molecule has 0 spiro atoms. The average molecular weight is 289 g/mol. The summed E-state index contributed by atoms with van der Waals surface area (Å²) in [6, 6.07) is 6.90. The van der Waals surface area contributed by atoms with Gasteiger partial charge in [-0.15, -0.1) is 0 Å². The highest BCUT2D eigenvalue weighted by molar-refractivity contribution is 7.71. The van der Waals surface area contributed by atoms with Crippen LogP contribution in [-0.4, -0.2) is 33.6 Å². The summed E-state index contributed by atoms with van der Waals surface area (Å²) in [5.74, 6) is 0. The second kappa shape index (κ2) is 5.70. The maximum Gasteiger partial charge on any atom is 0.178 e. The highest BCUT2D eigenvalue weighted by Crippen LogP contribution is 2.20. The zero-order valence-corrected chi connectivity index (χ0v) is 13.2. The lowest BCUT2D eigenvalue weighted by molar-refractivity contribution is 0.160. The molecule has 3 nitrogen and oxygen atoms in total. The molecular weight excluding hydrogens is 266 g/mol. The number of H-pyrrole nitrogens is 1. The average Bonchev–Trinajstić information content (AvgIpc) is 2.77. The van der Waals surface area contributed by atoms with Crippen LogP contribution in [0.25, 0.3) is 11.0 Å². The predicted molar refractivity (Wildman–Crippen MR) is 86.7 cm³/mol. The maximum absolute atomic E-state index is 5.52. The Hall–Kier alpha value is -1.13. The van der Waals surface area contributed by atoms with Gasteiger partial charge < -0.3 is 9.55 Å². The zero-order valence-electron chi connectivity index (χ0n) is 12.4. The number of hydrogen-bond acceptors (Lipinski definition) is 2. The standard InChI is InChI=1S/C16H23N3S/c1-12-7-6-8-14-15(12)19(16(20)17-14)11-13(2)18-9-4-3-5-10-18/h6-8,13H,3-5,9-11H2,1-2H3,(H,17,20). The Balaban J connectivity index is 1.90. The van der Waals surface area contributed by atoms with E-state index in [1.807, 2.05) is 0 Å². The number of hydrogen-bond donors (Lipinski definition) is 1. The number of piperidine rings is 1. The minimum Gasteiger partial charge on any atom is -0.331 e. The molecule has 1 unspecified atom stereocenters. The van der Waals surface area contributed by atoms with Gasteiger partial charge in [-0.2, -0.15) is 0 Å². The van der Waals surface area contributed by atoms with E-state index in [2.05, 4.69) is 46.5 Å². The SMILES string of the molecule is Cc1cccc2[nH]c(=S)n(CC(C)N3CCCCC3)c12. The molecule has 4 heteroatoms. The molecule has 1 fully saturated rings. The highest BCUT2D eigenvalue weighted by Gasteiger charge is 2.18. The van der Waals surface area contributed by atoms with Crippen molar-refractivity contribution in [3.8, 4) is 0 Å². The van der Waals surface area contributed by atoms with Crippen molar-refractivity contribution in [3.05, 3.63) is 28.5 Å². The molecule has 3 rings (SSSR count). The van der Waals surface area contributed by atoms with E-state index in [4.69, 9.17) is 12.2 Å². The minimum absolute atomic E-state index is 0.542. The number of nitrogens with one attached hydrogen (secondary N) is 1. The summed E-state index contributed by atoms with van der Waals surface area (Å²) >= 11 is 5.52. The van der Waals surface area contributed by atoms with Gasteiger partial charge in [-0.25, -0.2) is 0 Å². The van der Waals surface area contributed by atoms with Gasteiger partial charge >= 0.3 is 0 Å². The molecule has 1 saturated heterocycles. The van der Waals surface area contributed by atoms with Crippen LogP contribution in [0, 0.1) is 11.7 Å². The molecule has 2 aromatic rings. The molecule has 1 aliphatic rings. The lowest BCUT2D eigenvalue weighted by atomic mass is 10.1. The summed E-state index contributed by atoms with van der Waals surface area (Å²) in [5, 5.41) is 0. The first kappa shape index (κ1) is 13.8. The third-order valence-corrected chi connectivity index (χ3v) is 4.78. The first-order chi connectivity index (χ1) is 9.66. The third kappa shape index (κ3) is 2.54. The van der Waals surface area contributed by atoms with Gasteiger partial charge in [0.05, 0.1) is 11.0 Å². The van der Waals surface area contributed by atoms with Crippen molar-refractivity contribution in [2.75, 3.05) is 13.1 Å². The molecular formula is C16H23N3S. The molecule has 1 N–H and O–H groups in total. The van der Waals surface area contributed by atoms with Gasteiger partial charge in [0.1, 0.15) is 0 Å². The molecule has 0 radical (unpaired) electrons. The first-order valence-electron chi connectivity index (χ1n) is 7.59. The molecule has 2 heterocycles. The van der Waals surface area contributed by atoms with Crippen LogP contribution < -0.4 is 0 Å². The fourth-order valence-corrected chi connectivity index (χ4v) is 3.59. The Kier molecular flexibility index (Phi) is 3.94. The van der Waals surface area contributed by atoms with Crippen molar-refractivity contribution in [1.29, 1.82) is 0 Å². The molecule has 0 amide bonds. The number of rotatable bonds is 3. The van der Waals surface area contributed by atoms with E-state index in [1.165, 1.54) is 43.4 Å². The van der Waals surface area contributed by atoms with Crippen LogP contribution in [0.15, 0.2) is 18.2 Å². The van der Waals surface area contributed by atoms with Crippen molar-refractivity contribution in [2.24, 2.45) is 0 Å². The zero-order chi connectivity index (χ0) is 14.1. The number of benzene rings is 1. The molecule has 0 bridgehead atoms. The smallest absolute Gasteiger partial charge is 0.178 e. The van der Waals surface area contributed by atoms with Gasteiger partial charge in [0, 0.05) is 12.6 Å². The van der Waals surface area contributed by atoms with Crippen molar-refractivity contribution in [3.63, 3.8) is 0 Å². The highest BCUT2D eigenvalue weighted by atomic mass is 32.1. The van der Waals surface area contributed by atoms with Gasteiger partial charge in [-0.05, 0) is 63.6 Å². The Labute approximate surface area is 125 Å². The van der Waals surface area contributed by atoms with Crippen molar-refractivity contribution in [2.45, 2.75) is 45.7 Å². The van der Waals surface area contributed by atoms with E-state index in [-0.39, 0.29) is 0 Å². The number of para-hydroxylation sites is 1. The number of aromatic nitrogens is 2. The molecule has 1 aromatic heterocycles. The van der Waals surface area contributed by atoms with Crippen LogP contribution in [0.4, 0.5) is 0 Å². The van der Waals surface area contributed by atoms with E-state index in [0.717, 1.165) is 16.8 Å². The lowest BCUT2D eigenvalue weighted by Crippen LogP contribution is -2.39. The molecule has 108 valence electrons. The number of fused-ring (bicyclic) bond motifs is 1. The van der Waals surface area contributed by atoms with Crippen LogP contribution in [-0.2, 0) is 6.54 Å². The van der Waals surface area contributed by atoms with Crippen molar-refractivity contribution in [1.82, 2.24) is 14.5 Å². The Morgan fingerprint density at radius 1 is 1.25 bits per heavy atom. The van der Waals surface area contributed by atoms with Crippen LogP contribution in [0.1, 0.15) is 31.7 Å². The molecule has 0 saturated carbocycles. The van der Waals surface area contributed by atoms with Crippen LogP contribution in [0.3, 0.4) is 0 Å². The van der Waals surface area contributed by atoms with Crippen LogP contribution in [0.5, 0.6) is 0 Å². The van der Waals surface area contributed by atoms with Gasteiger partial charge in [0.25, 0.3) is 0 Å². The summed E-state index contributed by atoms with van der Waals surface area (Å²) in [6.07, 6.45) is 4.06. The summed E-state index contributed by atoms with van der Waals surface area (Å²) < 4.78 is 3.12. The number of likely N-dealkylation sites (tertiary alicyclic amines) is 1. The number of nitrogens with zero attached hydrogens (tertiary/aromatic N) is 2. The fraction of sp³-hybridized carbons (Fsp3) is 0.562. The Bertz CT molecular complexity index is 649. The van der Waals surface area contributed by atoms with E-state index in [1.54, 1.807) is 0 Å². The summed E-state index contributed by atoms with van der Waals surface area (Å²) in [7, 11) is 0. The summed E-state index contributed by atoms with van der Waals surface area (Å²) in [4.78, 5) is 5.94. The summed E-state index contributed by atoms with van der Waals surface area (Å²) in [5.41, 5.74) is 3.71. The van der Waals surface area contributed by atoms with E-state index < -0.39 is 0 Å². The molecule has 1 aliphatic heterocycles. The quantitative estimate of drug-likeness (QED) is 0.867. The third-order valence-electron chi connectivity index (χ3n) is 4.46. The molecule has 0 aliphatic carbocycles. The summed E-state index contributed by atoms with van der Waals surface area (Å²) in [6.45, 7) is 7.92. The number of imidazole rings is 1. The van der Waals surface area contributed by atoms with E-state index in [0.29, 0.717) is 6.04 Å². The van der Waals surface area contributed by atoms with Gasteiger partial charge in [-0.3, -0.25) is 4.90 Å². The van der Waals surface area contributed by atoms with Crippen LogP contribution in [0.2, 0.25) is 0 Å². The largest absolute Gasteiger partial charge is 0.331 e. The predicted octanol–water partition coefficient (Wildman–Crippen LogP) is 3.88. The normalized spacial score (nSPS) is 18.5. The monoisotopic (exact) mass is 289 g/mol. The van der Waals surface area contributed by atoms with Crippen LogP contribution >= 0.6 is 12.2 Å². The molecule has 1 atom stereocenters. The second-order valence-corrected chi connectivity index (χ2v) is 6.34. The van der Waals surface area contributed by atoms with Gasteiger partial charge in [0.2, 0.25) is 0 Å². The fourth-order valence-electron chi connectivity index (χ4n) is 3.32. The lowest BCUT2D eigenvalue weighted by Gasteiger charge is -2.32. The molecule has 1 aromatic carbocycles. The first-order valence-corrected chi connectivity index (χ1v) is 8.00. The number of aryl methyl sites for hydroxylation is 1. The van der Waals surface area contributed by atoms with Crippen molar-refractivity contribution >= 4 is 23.3 Å².